The SMILES string of the molecule is Cc1ccc(CNC(=O)CC2Nc3c4ccccc4nc(=S)n3C2=O)cc1. The largest absolute Gasteiger partial charge is 0.358 e. The van der Waals surface area contributed by atoms with E-state index in [0.29, 0.717) is 12.4 Å². The molecule has 0 fully saturated rings. The summed E-state index contributed by atoms with van der Waals surface area (Å²) in [6.07, 6.45) is 0.0372. The highest BCUT2D eigenvalue weighted by atomic mass is 32.1. The van der Waals surface area contributed by atoms with Gasteiger partial charge in [-0.1, -0.05) is 42.0 Å². The molecule has 1 unspecified atom stereocenters. The molecule has 3 aromatic rings. The van der Waals surface area contributed by atoms with Gasteiger partial charge < -0.3 is 10.6 Å². The first kappa shape index (κ1) is 17.4. The van der Waals surface area contributed by atoms with E-state index in [1.54, 1.807) is 0 Å². The number of hydrogen-bond acceptors (Lipinski definition) is 5. The van der Waals surface area contributed by atoms with E-state index in [0.717, 1.165) is 16.5 Å². The van der Waals surface area contributed by atoms with Crippen LogP contribution < -0.4 is 10.6 Å². The minimum absolute atomic E-state index is 0.0372. The Kier molecular flexibility index (Phi) is 4.45. The van der Waals surface area contributed by atoms with Crippen LogP contribution in [0, 0.1) is 11.7 Å². The van der Waals surface area contributed by atoms with Crippen LogP contribution in [0.3, 0.4) is 0 Å². The van der Waals surface area contributed by atoms with Gasteiger partial charge in [0.25, 0.3) is 5.91 Å². The molecule has 27 heavy (non-hydrogen) atoms. The first-order valence-electron chi connectivity index (χ1n) is 8.68. The molecule has 1 amide bonds. The van der Waals surface area contributed by atoms with E-state index in [2.05, 4.69) is 15.6 Å². The third-order valence-corrected chi connectivity index (χ3v) is 4.89. The second-order valence-corrected chi connectivity index (χ2v) is 6.96. The van der Waals surface area contributed by atoms with Crippen molar-refractivity contribution in [1.29, 1.82) is 0 Å². The molecule has 0 radical (unpaired) electrons. The maximum atomic E-state index is 12.7. The topological polar surface area (TPSA) is 76.0 Å². The lowest BCUT2D eigenvalue weighted by molar-refractivity contribution is -0.121. The fraction of sp³-hybridized carbons (Fsp3) is 0.200. The second kappa shape index (κ2) is 6.92. The highest BCUT2D eigenvalue weighted by Gasteiger charge is 2.33. The Bertz CT molecular complexity index is 1110. The summed E-state index contributed by atoms with van der Waals surface area (Å²) in [6, 6.07) is 14.8. The maximum absolute atomic E-state index is 12.7. The highest BCUT2D eigenvalue weighted by Crippen LogP contribution is 2.28. The molecule has 1 aliphatic rings. The molecule has 1 atom stereocenters. The van der Waals surface area contributed by atoms with E-state index in [4.69, 9.17) is 12.2 Å². The number of nitrogens with one attached hydrogen (secondary N) is 2. The molecule has 2 aromatic carbocycles. The van der Waals surface area contributed by atoms with Crippen molar-refractivity contribution < 1.29 is 9.59 Å². The molecule has 1 aliphatic heterocycles. The highest BCUT2D eigenvalue weighted by molar-refractivity contribution is 7.71. The van der Waals surface area contributed by atoms with Gasteiger partial charge in [-0.25, -0.2) is 9.55 Å². The van der Waals surface area contributed by atoms with Gasteiger partial charge in [-0.3, -0.25) is 9.59 Å². The summed E-state index contributed by atoms with van der Waals surface area (Å²) in [7, 11) is 0. The molecule has 4 rings (SSSR count). The van der Waals surface area contributed by atoms with Crippen molar-refractivity contribution in [1.82, 2.24) is 14.9 Å². The van der Waals surface area contributed by atoms with Crippen LogP contribution >= 0.6 is 12.2 Å². The second-order valence-electron chi connectivity index (χ2n) is 6.60. The zero-order valence-electron chi connectivity index (χ0n) is 14.7. The maximum Gasteiger partial charge on any atom is 0.257 e. The van der Waals surface area contributed by atoms with Crippen LogP contribution in [0.2, 0.25) is 0 Å². The van der Waals surface area contributed by atoms with Crippen LogP contribution in [-0.2, 0) is 11.3 Å². The number of carbonyl (C=O) groups is 2. The molecule has 0 saturated heterocycles. The molecule has 0 aliphatic carbocycles. The minimum Gasteiger partial charge on any atom is -0.358 e. The van der Waals surface area contributed by atoms with Crippen LogP contribution in [0.5, 0.6) is 0 Å². The number of nitrogens with zero attached hydrogens (tertiary/aromatic N) is 2. The summed E-state index contributed by atoms with van der Waals surface area (Å²) in [5, 5.41) is 6.82. The molecule has 7 heteroatoms. The van der Waals surface area contributed by atoms with Gasteiger partial charge in [0.05, 0.1) is 11.9 Å². The van der Waals surface area contributed by atoms with Crippen molar-refractivity contribution in [2.24, 2.45) is 0 Å². The van der Waals surface area contributed by atoms with E-state index in [1.807, 2.05) is 55.5 Å². The number of hydrogen-bond donors (Lipinski definition) is 2. The molecule has 6 nitrogen and oxygen atoms in total. The van der Waals surface area contributed by atoms with Crippen molar-refractivity contribution in [3.63, 3.8) is 0 Å². The number of para-hydroxylation sites is 1. The predicted molar refractivity (Wildman–Crippen MR) is 106 cm³/mol. The number of aryl methyl sites for hydroxylation is 1. The van der Waals surface area contributed by atoms with Crippen LogP contribution in [0.25, 0.3) is 10.9 Å². The molecule has 136 valence electrons. The molecule has 0 spiro atoms. The third-order valence-electron chi connectivity index (χ3n) is 4.62. The van der Waals surface area contributed by atoms with E-state index >= 15 is 0 Å². The summed E-state index contributed by atoms with van der Waals surface area (Å²) in [5.41, 5.74) is 2.90. The average molecular weight is 378 g/mol. The van der Waals surface area contributed by atoms with Gasteiger partial charge in [0.15, 0.2) is 0 Å². The Balaban J connectivity index is 1.49. The van der Waals surface area contributed by atoms with Crippen molar-refractivity contribution in [2.45, 2.75) is 25.9 Å². The average Bonchev–Trinajstić information content (AvgIpc) is 2.98. The fourth-order valence-electron chi connectivity index (χ4n) is 3.17. The van der Waals surface area contributed by atoms with Gasteiger partial charge in [0.1, 0.15) is 11.9 Å². The quantitative estimate of drug-likeness (QED) is 0.682. The lowest BCUT2D eigenvalue weighted by Crippen LogP contribution is -2.33. The van der Waals surface area contributed by atoms with Gasteiger partial charge in [-0.05, 0) is 36.8 Å². The van der Waals surface area contributed by atoms with Gasteiger partial charge in [-0.15, -0.1) is 0 Å². The first-order chi connectivity index (χ1) is 13.0. The number of benzene rings is 2. The zero-order chi connectivity index (χ0) is 19.0. The van der Waals surface area contributed by atoms with Crippen molar-refractivity contribution in [3.8, 4) is 0 Å². The third kappa shape index (κ3) is 3.33. The molecule has 1 aromatic heterocycles. The fourth-order valence-corrected chi connectivity index (χ4v) is 3.45. The Hall–Kier alpha value is -3.06. The van der Waals surface area contributed by atoms with Gasteiger partial charge in [-0.2, -0.15) is 0 Å². The summed E-state index contributed by atoms with van der Waals surface area (Å²) >= 11 is 5.27. The smallest absolute Gasteiger partial charge is 0.257 e. The summed E-state index contributed by atoms with van der Waals surface area (Å²) < 4.78 is 1.58. The van der Waals surface area contributed by atoms with Gasteiger partial charge in [0.2, 0.25) is 10.7 Å². The van der Waals surface area contributed by atoms with Crippen LogP contribution in [0.1, 0.15) is 22.3 Å². The summed E-state index contributed by atoms with van der Waals surface area (Å²) in [6.45, 7) is 2.44. The lowest BCUT2D eigenvalue weighted by Gasteiger charge is -2.10. The number of amides is 1. The first-order valence-corrected chi connectivity index (χ1v) is 9.08. The molecule has 0 bridgehead atoms. The Morgan fingerprint density at radius 2 is 1.96 bits per heavy atom. The van der Waals surface area contributed by atoms with Crippen molar-refractivity contribution in [3.05, 3.63) is 64.4 Å². The molecule has 2 heterocycles. The molecule has 2 N–H and O–H groups in total. The van der Waals surface area contributed by atoms with Crippen LogP contribution in [0.15, 0.2) is 48.5 Å². The van der Waals surface area contributed by atoms with E-state index in [9.17, 15) is 9.59 Å². The van der Waals surface area contributed by atoms with Gasteiger partial charge in [0, 0.05) is 11.9 Å². The van der Waals surface area contributed by atoms with Crippen LogP contribution in [0.4, 0.5) is 5.82 Å². The van der Waals surface area contributed by atoms with E-state index in [1.165, 1.54) is 10.1 Å². The number of aromatic nitrogens is 2. The van der Waals surface area contributed by atoms with E-state index in [-0.39, 0.29) is 23.0 Å². The lowest BCUT2D eigenvalue weighted by atomic mass is 10.1. The Morgan fingerprint density at radius 3 is 2.74 bits per heavy atom. The number of rotatable bonds is 4. The van der Waals surface area contributed by atoms with Gasteiger partial charge >= 0.3 is 0 Å². The predicted octanol–water partition coefficient (Wildman–Crippen LogP) is 3.22. The van der Waals surface area contributed by atoms with Crippen molar-refractivity contribution >= 4 is 40.8 Å². The summed E-state index contributed by atoms with van der Waals surface area (Å²) in [5.74, 6) is 0.156. The van der Waals surface area contributed by atoms with Crippen LogP contribution in [-0.4, -0.2) is 27.4 Å². The number of anilines is 1. The molecule has 0 saturated carbocycles. The Morgan fingerprint density at radius 1 is 1.22 bits per heavy atom. The zero-order valence-corrected chi connectivity index (χ0v) is 15.5. The van der Waals surface area contributed by atoms with E-state index < -0.39 is 6.04 Å². The molecular weight excluding hydrogens is 360 g/mol. The number of carbonyl (C=O) groups excluding carboxylic acids is 2. The monoisotopic (exact) mass is 378 g/mol. The van der Waals surface area contributed by atoms with Crippen molar-refractivity contribution in [2.75, 3.05) is 5.32 Å². The summed E-state index contributed by atoms with van der Waals surface area (Å²) in [4.78, 5) is 29.4. The normalized spacial score (nSPS) is 15.4. The number of fused-ring (bicyclic) bond motifs is 3. The minimum atomic E-state index is -0.655. The Labute approximate surface area is 161 Å². The standard InChI is InChI=1S/C20H18N4O2S/c1-12-6-8-13(9-7-12)11-21-17(25)10-16-19(26)24-18(22-16)14-4-2-3-5-15(14)23-20(24)27/h2-9,16,22H,10-11H2,1H3,(H,21,25). The molecular formula is C20H18N4O2S.